The van der Waals surface area contributed by atoms with Crippen molar-refractivity contribution in [3.8, 4) is 0 Å². The zero-order valence-corrected chi connectivity index (χ0v) is 11.2. The number of aromatic nitrogens is 1. The number of halogens is 1. The van der Waals surface area contributed by atoms with Gasteiger partial charge in [-0.05, 0) is 24.3 Å². The number of hydrogen-bond donors (Lipinski definition) is 3. The second-order valence-electron chi connectivity index (χ2n) is 3.63. The fourth-order valence-electron chi connectivity index (χ4n) is 1.44. The quantitative estimate of drug-likeness (QED) is 0.454. The third kappa shape index (κ3) is 3.39. The molecule has 98 valence electrons. The van der Waals surface area contributed by atoms with Gasteiger partial charge in [0.2, 0.25) is 0 Å². The minimum absolute atomic E-state index is 0.0949. The molecule has 0 saturated carbocycles. The number of nitrogens with two attached hydrogens (primary N) is 1. The van der Waals surface area contributed by atoms with Crippen LogP contribution in [0.2, 0.25) is 0 Å². The molecule has 19 heavy (non-hydrogen) atoms. The van der Waals surface area contributed by atoms with E-state index in [0.717, 1.165) is 10.2 Å². The average molecular weight is 324 g/mol. The number of benzene rings is 1. The van der Waals surface area contributed by atoms with E-state index < -0.39 is 4.92 Å². The fourth-order valence-corrected chi connectivity index (χ4v) is 1.70. The molecule has 0 aliphatic rings. The van der Waals surface area contributed by atoms with E-state index in [1.807, 2.05) is 24.3 Å². The van der Waals surface area contributed by atoms with Crippen molar-refractivity contribution < 1.29 is 4.92 Å². The second kappa shape index (κ2) is 5.63. The maximum Gasteiger partial charge on any atom is 0.276 e. The summed E-state index contributed by atoms with van der Waals surface area (Å²) in [6, 6.07) is 9.93. The van der Waals surface area contributed by atoms with Crippen LogP contribution in [0.4, 0.5) is 23.0 Å². The van der Waals surface area contributed by atoms with E-state index in [1.54, 1.807) is 0 Å². The van der Waals surface area contributed by atoms with Crippen molar-refractivity contribution in [2.45, 2.75) is 0 Å². The first-order valence-electron chi connectivity index (χ1n) is 5.24. The molecule has 2 aromatic rings. The molecule has 7 nitrogen and oxygen atoms in total. The first-order chi connectivity index (χ1) is 9.08. The lowest BCUT2D eigenvalue weighted by Gasteiger charge is -2.07. The van der Waals surface area contributed by atoms with Crippen molar-refractivity contribution in [2.24, 2.45) is 5.84 Å². The van der Waals surface area contributed by atoms with Crippen LogP contribution in [0.25, 0.3) is 0 Å². The van der Waals surface area contributed by atoms with E-state index in [-0.39, 0.29) is 11.5 Å². The van der Waals surface area contributed by atoms with Gasteiger partial charge in [0.05, 0.1) is 17.1 Å². The first-order valence-corrected chi connectivity index (χ1v) is 6.03. The zero-order chi connectivity index (χ0) is 13.8. The number of hydrogen-bond acceptors (Lipinski definition) is 6. The van der Waals surface area contributed by atoms with Gasteiger partial charge in [-0.25, -0.2) is 10.8 Å². The van der Waals surface area contributed by atoms with Crippen LogP contribution in [0.5, 0.6) is 0 Å². The highest BCUT2D eigenvalue weighted by atomic mass is 79.9. The van der Waals surface area contributed by atoms with Gasteiger partial charge in [0.15, 0.2) is 0 Å². The van der Waals surface area contributed by atoms with E-state index in [9.17, 15) is 10.1 Å². The number of nitrogen functional groups attached to an aromatic ring is 1. The minimum atomic E-state index is -0.505. The van der Waals surface area contributed by atoms with Crippen molar-refractivity contribution in [2.75, 3.05) is 10.7 Å². The Hall–Kier alpha value is -2.19. The van der Waals surface area contributed by atoms with Crippen LogP contribution in [0.1, 0.15) is 0 Å². The van der Waals surface area contributed by atoms with Gasteiger partial charge in [-0.15, -0.1) is 0 Å². The monoisotopic (exact) mass is 323 g/mol. The Morgan fingerprint density at radius 1 is 1.21 bits per heavy atom. The molecular formula is C11H10BrN5O2. The summed E-state index contributed by atoms with van der Waals surface area (Å²) in [5, 5.41) is 13.8. The molecule has 0 aliphatic carbocycles. The molecule has 4 N–H and O–H groups in total. The Morgan fingerprint density at radius 3 is 2.42 bits per heavy atom. The van der Waals surface area contributed by atoms with E-state index in [2.05, 4.69) is 31.7 Å². The molecule has 8 heteroatoms. The maximum atomic E-state index is 10.8. The highest BCUT2D eigenvalue weighted by Crippen LogP contribution is 2.23. The fraction of sp³-hybridized carbons (Fsp3) is 0. The summed E-state index contributed by atoms with van der Waals surface area (Å²) >= 11 is 3.33. The topological polar surface area (TPSA) is 106 Å². The van der Waals surface area contributed by atoms with E-state index >= 15 is 0 Å². The number of nitrogens with zero attached hydrogens (tertiary/aromatic N) is 2. The van der Waals surface area contributed by atoms with Gasteiger partial charge < -0.3 is 10.7 Å². The second-order valence-corrected chi connectivity index (χ2v) is 4.54. The van der Waals surface area contributed by atoms with Crippen LogP contribution in [-0.4, -0.2) is 9.91 Å². The predicted molar refractivity (Wildman–Crippen MR) is 76.1 cm³/mol. The molecule has 1 aromatic heterocycles. The van der Waals surface area contributed by atoms with Crippen LogP contribution in [0.15, 0.2) is 40.9 Å². The lowest BCUT2D eigenvalue weighted by molar-refractivity contribution is -0.384. The number of pyridine rings is 1. The van der Waals surface area contributed by atoms with E-state index in [1.165, 1.54) is 12.1 Å². The maximum absolute atomic E-state index is 10.8. The van der Waals surface area contributed by atoms with Gasteiger partial charge in [-0.2, -0.15) is 0 Å². The highest BCUT2D eigenvalue weighted by Gasteiger charge is 2.10. The number of nitrogens with one attached hydrogen (secondary N) is 2. The van der Waals surface area contributed by atoms with Crippen LogP contribution >= 0.6 is 15.9 Å². The Bertz CT molecular complexity index is 603. The third-order valence-corrected chi connectivity index (χ3v) is 2.81. The molecule has 0 unspecified atom stereocenters. The van der Waals surface area contributed by atoms with Gasteiger partial charge >= 0.3 is 0 Å². The van der Waals surface area contributed by atoms with Crippen molar-refractivity contribution >= 4 is 38.9 Å². The van der Waals surface area contributed by atoms with Gasteiger partial charge in [0.1, 0.15) is 11.6 Å². The molecular weight excluding hydrogens is 314 g/mol. The molecule has 0 fully saturated rings. The molecule has 0 radical (unpaired) electrons. The minimum Gasteiger partial charge on any atom is -0.340 e. The molecule has 1 heterocycles. The molecule has 0 atom stereocenters. The average Bonchev–Trinajstić information content (AvgIpc) is 2.41. The Labute approximate surface area is 117 Å². The normalized spacial score (nSPS) is 10.0. The lowest BCUT2D eigenvalue weighted by Crippen LogP contribution is -2.10. The summed E-state index contributed by atoms with van der Waals surface area (Å²) in [7, 11) is 0. The summed E-state index contributed by atoms with van der Waals surface area (Å²) in [6.45, 7) is 0. The molecule has 0 aliphatic heterocycles. The zero-order valence-electron chi connectivity index (χ0n) is 9.63. The number of anilines is 3. The molecule has 0 bridgehead atoms. The van der Waals surface area contributed by atoms with E-state index in [0.29, 0.717) is 5.82 Å². The SMILES string of the molecule is NNc1cc([N+](=O)[O-])cc(Nc2ccc(Br)cc2)n1. The third-order valence-electron chi connectivity index (χ3n) is 2.29. The molecule has 0 spiro atoms. The Kier molecular flexibility index (Phi) is 3.93. The van der Waals surface area contributed by atoms with Gasteiger partial charge in [-0.3, -0.25) is 10.1 Å². The van der Waals surface area contributed by atoms with Crippen molar-refractivity contribution in [3.63, 3.8) is 0 Å². The Morgan fingerprint density at radius 2 is 1.84 bits per heavy atom. The van der Waals surface area contributed by atoms with Crippen LogP contribution in [0.3, 0.4) is 0 Å². The molecule has 0 saturated heterocycles. The van der Waals surface area contributed by atoms with Crippen molar-refractivity contribution in [1.29, 1.82) is 0 Å². The van der Waals surface area contributed by atoms with Gasteiger partial charge in [0.25, 0.3) is 5.69 Å². The molecule has 2 rings (SSSR count). The number of nitro groups is 1. The first kappa shape index (κ1) is 13.2. The molecule has 1 aromatic carbocycles. The van der Waals surface area contributed by atoms with Crippen molar-refractivity contribution in [3.05, 3.63) is 51.0 Å². The summed E-state index contributed by atoms with van der Waals surface area (Å²) in [6.07, 6.45) is 0. The smallest absolute Gasteiger partial charge is 0.276 e. The van der Waals surface area contributed by atoms with Crippen molar-refractivity contribution in [1.82, 2.24) is 4.98 Å². The van der Waals surface area contributed by atoms with Gasteiger partial charge in [0, 0.05) is 10.2 Å². The van der Waals surface area contributed by atoms with Crippen LogP contribution in [-0.2, 0) is 0 Å². The molecule has 0 amide bonds. The van der Waals surface area contributed by atoms with Gasteiger partial charge in [-0.1, -0.05) is 15.9 Å². The summed E-state index contributed by atoms with van der Waals surface area (Å²) < 4.78 is 0.939. The lowest BCUT2D eigenvalue weighted by atomic mass is 10.3. The number of rotatable bonds is 4. The highest BCUT2D eigenvalue weighted by molar-refractivity contribution is 9.10. The number of hydrazine groups is 1. The summed E-state index contributed by atoms with van der Waals surface area (Å²) in [5.41, 5.74) is 2.96. The van der Waals surface area contributed by atoms with E-state index in [4.69, 9.17) is 5.84 Å². The van der Waals surface area contributed by atoms with Crippen LogP contribution in [0, 0.1) is 10.1 Å². The summed E-state index contributed by atoms with van der Waals surface area (Å²) in [4.78, 5) is 14.4. The standard InChI is InChI=1S/C11H10BrN5O2/c12-7-1-3-8(4-2-7)14-10-5-9(17(18)19)6-11(15-10)16-13/h1-6H,13H2,(H2,14,15,16). The largest absolute Gasteiger partial charge is 0.340 e. The summed E-state index contributed by atoms with van der Waals surface area (Å²) in [5.74, 6) is 5.79. The van der Waals surface area contributed by atoms with Crippen LogP contribution < -0.4 is 16.6 Å². The Balaban J connectivity index is 2.31. The predicted octanol–water partition coefficient (Wildman–Crippen LogP) is 2.78.